The van der Waals surface area contributed by atoms with Crippen molar-refractivity contribution >= 4 is 0 Å². The Balaban J connectivity index is 2.37. The third-order valence-corrected chi connectivity index (χ3v) is 3.70. The van der Waals surface area contributed by atoms with Crippen molar-refractivity contribution in [2.45, 2.75) is 32.8 Å². The Labute approximate surface area is 94.0 Å². The van der Waals surface area contributed by atoms with Gasteiger partial charge < -0.3 is 15.4 Å². The maximum absolute atomic E-state index is 5.74. The van der Waals surface area contributed by atoms with Gasteiger partial charge in [0.15, 0.2) is 0 Å². The third kappa shape index (κ3) is 3.74. The Bertz CT molecular complexity index is 169. The molecule has 1 aliphatic heterocycles. The molecular weight excluding hydrogens is 188 g/mol. The second-order valence-electron chi connectivity index (χ2n) is 4.81. The minimum atomic E-state index is 0.411. The van der Waals surface area contributed by atoms with Gasteiger partial charge in [0.2, 0.25) is 0 Å². The Morgan fingerprint density at radius 1 is 1.53 bits per heavy atom. The van der Waals surface area contributed by atoms with Crippen molar-refractivity contribution < 1.29 is 4.74 Å². The van der Waals surface area contributed by atoms with Crippen LogP contribution in [-0.2, 0) is 4.74 Å². The highest BCUT2D eigenvalue weighted by atomic mass is 16.5. The molecule has 0 spiro atoms. The van der Waals surface area contributed by atoms with Crippen molar-refractivity contribution in [2.75, 3.05) is 33.3 Å². The summed E-state index contributed by atoms with van der Waals surface area (Å²) in [7, 11) is 1.82. The Kier molecular flexibility index (Phi) is 5.58. The van der Waals surface area contributed by atoms with Gasteiger partial charge in [-0.25, -0.2) is 0 Å². The van der Waals surface area contributed by atoms with E-state index >= 15 is 0 Å². The van der Waals surface area contributed by atoms with E-state index in [2.05, 4.69) is 18.7 Å². The third-order valence-electron chi connectivity index (χ3n) is 3.70. The van der Waals surface area contributed by atoms with E-state index in [1.165, 1.54) is 19.4 Å². The molecule has 0 aromatic rings. The molecule has 3 nitrogen and oxygen atoms in total. The number of nitrogens with two attached hydrogens (primary N) is 1. The van der Waals surface area contributed by atoms with Crippen LogP contribution in [-0.4, -0.2) is 44.3 Å². The molecule has 0 aromatic carbocycles. The zero-order valence-electron chi connectivity index (χ0n) is 10.4. The van der Waals surface area contributed by atoms with Crippen LogP contribution < -0.4 is 5.73 Å². The monoisotopic (exact) mass is 214 g/mol. The fourth-order valence-electron chi connectivity index (χ4n) is 2.31. The van der Waals surface area contributed by atoms with Crippen LogP contribution in [0.15, 0.2) is 0 Å². The van der Waals surface area contributed by atoms with E-state index in [9.17, 15) is 0 Å². The normalized spacial score (nSPS) is 30.4. The largest absolute Gasteiger partial charge is 0.380 e. The Morgan fingerprint density at radius 3 is 2.80 bits per heavy atom. The van der Waals surface area contributed by atoms with Crippen molar-refractivity contribution in [3.05, 3.63) is 0 Å². The van der Waals surface area contributed by atoms with Gasteiger partial charge in [0, 0.05) is 20.2 Å². The molecule has 3 atom stereocenters. The van der Waals surface area contributed by atoms with Crippen LogP contribution in [0.5, 0.6) is 0 Å². The number of likely N-dealkylation sites (tertiary alicyclic amines) is 1. The zero-order chi connectivity index (χ0) is 11.3. The van der Waals surface area contributed by atoms with E-state index in [1.807, 2.05) is 7.11 Å². The maximum Gasteiger partial charge on any atom is 0.0724 e. The first-order valence-electron chi connectivity index (χ1n) is 6.16. The standard InChI is InChI=1S/C12H26N2O/c1-4-11(7-13)8-14-6-5-10(2)12(9-14)15-3/h10-12H,4-9,13H2,1-3H3. The quantitative estimate of drug-likeness (QED) is 0.750. The van der Waals surface area contributed by atoms with Crippen molar-refractivity contribution in [3.8, 4) is 0 Å². The molecule has 0 aromatic heterocycles. The summed E-state index contributed by atoms with van der Waals surface area (Å²) in [5.41, 5.74) is 5.74. The number of ether oxygens (including phenoxy) is 1. The summed E-state index contributed by atoms with van der Waals surface area (Å²) in [5, 5.41) is 0. The van der Waals surface area contributed by atoms with Gasteiger partial charge in [0.05, 0.1) is 6.10 Å². The molecule has 1 rings (SSSR count). The predicted octanol–water partition coefficient (Wildman–Crippen LogP) is 1.33. The molecule has 0 saturated carbocycles. The molecule has 0 amide bonds. The fraction of sp³-hybridized carbons (Fsp3) is 1.00. The van der Waals surface area contributed by atoms with Gasteiger partial charge in [-0.05, 0) is 31.3 Å². The second-order valence-corrected chi connectivity index (χ2v) is 4.81. The van der Waals surface area contributed by atoms with E-state index in [4.69, 9.17) is 10.5 Å². The second kappa shape index (κ2) is 6.46. The van der Waals surface area contributed by atoms with Gasteiger partial charge in [-0.3, -0.25) is 0 Å². The summed E-state index contributed by atoms with van der Waals surface area (Å²) >= 11 is 0. The highest BCUT2D eigenvalue weighted by molar-refractivity contribution is 4.79. The first-order chi connectivity index (χ1) is 7.21. The van der Waals surface area contributed by atoms with Crippen LogP contribution >= 0.6 is 0 Å². The first kappa shape index (κ1) is 12.9. The topological polar surface area (TPSA) is 38.5 Å². The molecule has 15 heavy (non-hydrogen) atoms. The van der Waals surface area contributed by atoms with Crippen LogP contribution in [0.1, 0.15) is 26.7 Å². The molecule has 0 radical (unpaired) electrons. The van der Waals surface area contributed by atoms with Crippen molar-refractivity contribution in [3.63, 3.8) is 0 Å². The summed E-state index contributed by atoms with van der Waals surface area (Å²) < 4.78 is 5.51. The summed E-state index contributed by atoms with van der Waals surface area (Å²) in [5.74, 6) is 1.35. The summed E-state index contributed by atoms with van der Waals surface area (Å²) in [6.45, 7) is 8.73. The average molecular weight is 214 g/mol. The van der Waals surface area contributed by atoms with Gasteiger partial charge in [-0.2, -0.15) is 0 Å². The van der Waals surface area contributed by atoms with E-state index in [0.29, 0.717) is 17.9 Å². The molecule has 1 aliphatic rings. The molecule has 0 bridgehead atoms. The van der Waals surface area contributed by atoms with Gasteiger partial charge in [-0.15, -0.1) is 0 Å². The van der Waals surface area contributed by atoms with Crippen LogP contribution in [0.4, 0.5) is 0 Å². The Morgan fingerprint density at radius 2 is 2.27 bits per heavy atom. The summed E-state index contributed by atoms with van der Waals surface area (Å²) in [6.07, 6.45) is 2.84. The van der Waals surface area contributed by atoms with Crippen LogP contribution in [0, 0.1) is 11.8 Å². The molecule has 1 heterocycles. The lowest BCUT2D eigenvalue weighted by atomic mass is 9.94. The molecule has 3 heteroatoms. The van der Waals surface area contributed by atoms with Crippen LogP contribution in [0.2, 0.25) is 0 Å². The smallest absolute Gasteiger partial charge is 0.0724 e. The Hall–Kier alpha value is -0.120. The molecule has 0 aliphatic carbocycles. The molecular formula is C12H26N2O. The number of hydrogen-bond donors (Lipinski definition) is 1. The van der Waals surface area contributed by atoms with E-state index in [1.54, 1.807) is 0 Å². The summed E-state index contributed by atoms with van der Waals surface area (Å²) in [4.78, 5) is 2.51. The highest BCUT2D eigenvalue weighted by Crippen LogP contribution is 2.20. The number of rotatable bonds is 5. The van der Waals surface area contributed by atoms with Crippen molar-refractivity contribution in [1.29, 1.82) is 0 Å². The van der Waals surface area contributed by atoms with Crippen LogP contribution in [0.25, 0.3) is 0 Å². The number of piperidine rings is 1. The molecule has 2 N–H and O–H groups in total. The van der Waals surface area contributed by atoms with E-state index in [0.717, 1.165) is 19.6 Å². The van der Waals surface area contributed by atoms with Gasteiger partial charge in [-0.1, -0.05) is 20.3 Å². The highest BCUT2D eigenvalue weighted by Gasteiger charge is 2.26. The fourth-order valence-corrected chi connectivity index (χ4v) is 2.31. The summed E-state index contributed by atoms with van der Waals surface area (Å²) in [6, 6.07) is 0. The average Bonchev–Trinajstić information content (AvgIpc) is 2.28. The van der Waals surface area contributed by atoms with Crippen LogP contribution in [0.3, 0.4) is 0 Å². The number of methoxy groups -OCH3 is 1. The predicted molar refractivity (Wildman–Crippen MR) is 63.9 cm³/mol. The number of hydrogen-bond acceptors (Lipinski definition) is 3. The maximum atomic E-state index is 5.74. The van der Waals surface area contributed by atoms with Gasteiger partial charge >= 0.3 is 0 Å². The molecule has 1 saturated heterocycles. The van der Waals surface area contributed by atoms with Gasteiger partial charge in [0.25, 0.3) is 0 Å². The van der Waals surface area contributed by atoms with Crippen molar-refractivity contribution in [2.24, 2.45) is 17.6 Å². The minimum absolute atomic E-state index is 0.411. The molecule has 90 valence electrons. The molecule has 3 unspecified atom stereocenters. The zero-order valence-corrected chi connectivity index (χ0v) is 10.4. The minimum Gasteiger partial charge on any atom is -0.380 e. The lowest BCUT2D eigenvalue weighted by molar-refractivity contribution is -0.00905. The number of nitrogens with zero attached hydrogens (tertiary/aromatic N) is 1. The van der Waals surface area contributed by atoms with Gasteiger partial charge in [0.1, 0.15) is 0 Å². The lowest BCUT2D eigenvalue weighted by Gasteiger charge is -2.37. The molecule has 1 fully saturated rings. The van der Waals surface area contributed by atoms with Crippen molar-refractivity contribution in [1.82, 2.24) is 4.90 Å². The SMILES string of the molecule is CCC(CN)CN1CCC(C)C(OC)C1. The first-order valence-corrected chi connectivity index (χ1v) is 6.16. The lowest BCUT2D eigenvalue weighted by Crippen LogP contribution is -2.46. The van der Waals surface area contributed by atoms with E-state index < -0.39 is 0 Å². The van der Waals surface area contributed by atoms with E-state index in [-0.39, 0.29) is 0 Å².